The number of rotatable bonds is 6. The molecule has 1 N–H and O–H groups in total. The number of hydrogen-bond acceptors (Lipinski definition) is 3. The van der Waals surface area contributed by atoms with Crippen LogP contribution in [0.5, 0.6) is 0 Å². The summed E-state index contributed by atoms with van der Waals surface area (Å²) in [6, 6.07) is 11.9. The van der Waals surface area contributed by atoms with Crippen LogP contribution in [0.3, 0.4) is 0 Å². The Bertz CT molecular complexity index is 830. The summed E-state index contributed by atoms with van der Waals surface area (Å²) < 4.78 is 24.4. The van der Waals surface area contributed by atoms with Crippen LogP contribution < -0.4 is 5.32 Å². The molecule has 0 heterocycles. The van der Waals surface area contributed by atoms with Crippen LogP contribution in [-0.4, -0.2) is 20.1 Å². The van der Waals surface area contributed by atoms with E-state index in [9.17, 15) is 13.2 Å². The lowest BCUT2D eigenvalue weighted by Gasteiger charge is -2.09. The van der Waals surface area contributed by atoms with Gasteiger partial charge in [-0.2, -0.15) is 0 Å². The average molecular weight is 366 g/mol. The van der Waals surface area contributed by atoms with Gasteiger partial charge in [0, 0.05) is 17.1 Å². The van der Waals surface area contributed by atoms with Gasteiger partial charge in [-0.05, 0) is 61.7 Å². The summed E-state index contributed by atoms with van der Waals surface area (Å²) in [7, 11) is -3.40. The Kier molecular flexibility index (Phi) is 6.02. The maximum absolute atomic E-state index is 12.2. The van der Waals surface area contributed by atoms with Crippen molar-refractivity contribution in [2.75, 3.05) is 11.1 Å². The first-order valence-corrected chi connectivity index (χ1v) is 9.66. The molecule has 0 saturated carbocycles. The van der Waals surface area contributed by atoms with Crippen LogP contribution in [0.25, 0.3) is 0 Å². The molecular formula is C18H20ClNO3S. The van der Waals surface area contributed by atoms with Gasteiger partial charge in [0.15, 0.2) is 9.84 Å². The van der Waals surface area contributed by atoms with Gasteiger partial charge in [0.1, 0.15) is 0 Å². The van der Waals surface area contributed by atoms with Crippen LogP contribution in [0.2, 0.25) is 5.02 Å². The molecule has 0 bridgehead atoms. The molecule has 128 valence electrons. The number of hydrogen-bond donors (Lipinski definition) is 1. The summed E-state index contributed by atoms with van der Waals surface area (Å²) >= 11 is 5.76. The lowest BCUT2D eigenvalue weighted by molar-refractivity contribution is -0.116. The number of halogens is 1. The fourth-order valence-electron chi connectivity index (χ4n) is 2.27. The van der Waals surface area contributed by atoms with Crippen LogP contribution in [0.1, 0.15) is 24.0 Å². The summed E-state index contributed by atoms with van der Waals surface area (Å²) in [5.74, 6) is -0.260. The predicted molar refractivity (Wildman–Crippen MR) is 97.3 cm³/mol. The van der Waals surface area contributed by atoms with Crippen LogP contribution in [-0.2, 0) is 14.6 Å². The number of sulfone groups is 1. The van der Waals surface area contributed by atoms with Crippen LogP contribution >= 0.6 is 11.6 Å². The zero-order valence-corrected chi connectivity index (χ0v) is 15.2. The minimum atomic E-state index is -3.40. The Morgan fingerprint density at radius 2 is 1.75 bits per heavy atom. The quantitative estimate of drug-likeness (QED) is 0.836. The third kappa shape index (κ3) is 5.08. The maximum Gasteiger partial charge on any atom is 0.224 e. The Hall–Kier alpha value is -1.85. The number of nitrogens with one attached hydrogen (secondary N) is 1. The Morgan fingerprint density at radius 1 is 1.08 bits per heavy atom. The highest BCUT2D eigenvalue weighted by atomic mass is 35.5. The zero-order chi connectivity index (χ0) is 17.7. The molecule has 2 aromatic carbocycles. The molecule has 0 atom stereocenters. The van der Waals surface area contributed by atoms with Crippen LogP contribution in [0.4, 0.5) is 5.69 Å². The number of benzene rings is 2. The van der Waals surface area contributed by atoms with E-state index in [1.54, 1.807) is 12.1 Å². The lowest BCUT2D eigenvalue weighted by Crippen LogP contribution is -2.15. The second kappa shape index (κ2) is 7.81. The van der Waals surface area contributed by atoms with Crippen molar-refractivity contribution in [3.63, 3.8) is 0 Å². The minimum Gasteiger partial charge on any atom is -0.326 e. The highest BCUT2D eigenvalue weighted by Crippen LogP contribution is 2.18. The van der Waals surface area contributed by atoms with E-state index < -0.39 is 9.84 Å². The van der Waals surface area contributed by atoms with Crippen molar-refractivity contribution in [3.05, 3.63) is 58.6 Å². The normalized spacial score (nSPS) is 11.3. The van der Waals surface area contributed by atoms with Crippen LogP contribution in [0, 0.1) is 13.8 Å². The number of anilines is 1. The summed E-state index contributed by atoms with van der Waals surface area (Å²) in [4.78, 5) is 12.2. The van der Waals surface area contributed by atoms with Gasteiger partial charge in [0.2, 0.25) is 5.91 Å². The summed E-state index contributed by atoms with van der Waals surface area (Å²) in [5, 5.41) is 3.32. The highest BCUT2D eigenvalue weighted by Gasteiger charge is 2.15. The van der Waals surface area contributed by atoms with Crippen molar-refractivity contribution < 1.29 is 13.2 Å². The van der Waals surface area contributed by atoms with Crippen molar-refractivity contribution >= 4 is 33.0 Å². The molecule has 6 heteroatoms. The van der Waals surface area contributed by atoms with Gasteiger partial charge in [0.25, 0.3) is 0 Å². The molecule has 0 aliphatic rings. The van der Waals surface area contributed by atoms with E-state index in [4.69, 9.17) is 11.6 Å². The zero-order valence-electron chi connectivity index (χ0n) is 13.7. The van der Waals surface area contributed by atoms with Gasteiger partial charge >= 0.3 is 0 Å². The molecule has 0 aliphatic heterocycles. The monoisotopic (exact) mass is 365 g/mol. The fraction of sp³-hybridized carbons (Fsp3) is 0.278. The Balaban J connectivity index is 1.90. The van der Waals surface area contributed by atoms with Gasteiger partial charge in [-0.15, -0.1) is 0 Å². The van der Waals surface area contributed by atoms with Gasteiger partial charge in [0.05, 0.1) is 10.6 Å². The second-order valence-electron chi connectivity index (χ2n) is 5.74. The number of carbonyl (C=O) groups is 1. The molecule has 4 nitrogen and oxygen atoms in total. The third-order valence-electron chi connectivity index (χ3n) is 3.66. The van der Waals surface area contributed by atoms with E-state index in [0.29, 0.717) is 5.02 Å². The van der Waals surface area contributed by atoms with E-state index in [1.807, 2.05) is 32.0 Å². The number of amides is 1. The van der Waals surface area contributed by atoms with E-state index >= 15 is 0 Å². The third-order valence-corrected chi connectivity index (χ3v) is 5.73. The average Bonchev–Trinajstić information content (AvgIpc) is 2.51. The first-order chi connectivity index (χ1) is 11.3. The van der Waals surface area contributed by atoms with E-state index in [2.05, 4.69) is 5.32 Å². The lowest BCUT2D eigenvalue weighted by atomic mass is 10.1. The van der Waals surface area contributed by atoms with Gasteiger partial charge < -0.3 is 5.32 Å². The summed E-state index contributed by atoms with van der Waals surface area (Å²) in [5.41, 5.74) is 2.80. The number of aryl methyl sites for hydroxylation is 2. The van der Waals surface area contributed by atoms with Crippen LogP contribution in [0.15, 0.2) is 47.4 Å². The van der Waals surface area contributed by atoms with Crippen molar-refractivity contribution in [1.29, 1.82) is 0 Å². The van der Waals surface area contributed by atoms with Crippen molar-refractivity contribution in [1.82, 2.24) is 0 Å². The first kappa shape index (κ1) is 18.5. The second-order valence-corrected chi connectivity index (χ2v) is 8.29. The molecule has 0 aromatic heterocycles. The molecular weight excluding hydrogens is 346 g/mol. The van der Waals surface area contributed by atoms with Crippen molar-refractivity contribution in [3.8, 4) is 0 Å². The molecule has 0 spiro atoms. The molecule has 24 heavy (non-hydrogen) atoms. The van der Waals surface area contributed by atoms with E-state index in [-0.39, 0.29) is 29.4 Å². The standard InChI is InChI=1S/C18H20ClNO3S/c1-13-5-6-14(2)17(12-13)20-18(21)4-3-11-24(22,23)16-9-7-15(19)8-10-16/h5-10,12H,3-4,11H2,1-2H3,(H,20,21). The van der Waals surface area contributed by atoms with E-state index in [1.165, 1.54) is 12.1 Å². The smallest absolute Gasteiger partial charge is 0.224 e. The molecule has 0 aliphatic carbocycles. The first-order valence-electron chi connectivity index (χ1n) is 7.63. The number of carbonyl (C=O) groups excluding carboxylic acids is 1. The largest absolute Gasteiger partial charge is 0.326 e. The Labute approximate surface area is 147 Å². The fourth-order valence-corrected chi connectivity index (χ4v) is 3.70. The Morgan fingerprint density at radius 3 is 2.42 bits per heavy atom. The topological polar surface area (TPSA) is 63.2 Å². The predicted octanol–water partition coefficient (Wildman–Crippen LogP) is 4.15. The molecule has 2 rings (SSSR count). The van der Waals surface area contributed by atoms with Gasteiger partial charge in [-0.25, -0.2) is 8.42 Å². The van der Waals surface area contributed by atoms with Gasteiger partial charge in [-0.1, -0.05) is 23.7 Å². The molecule has 1 amide bonds. The SMILES string of the molecule is Cc1ccc(C)c(NC(=O)CCCS(=O)(=O)c2ccc(Cl)cc2)c1. The summed E-state index contributed by atoms with van der Waals surface area (Å²) in [6.07, 6.45) is 0.419. The van der Waals surface area contributed by atoms with Gasteiger partial charge in [-0.3, -0.25) is 4.79 Å². The van der Waals surface area contributed by atoms with Crippen molar-refractivity contribution in [2.45, 2.75) is 31.6 Å². The molecule has 2 aromatic rings. The maximum atomic E-state index is 12.2. The molecule has 0 fully saturated rings. The van der Waals surface area contributed by atoms with E-state index in [0.717, 1.165) is 16.8 Å². The highest BCUT2D eigenvalue weighted by molar-refractivity contribution is 7.91. The van der Waals surface area contributed by atoms with Crippen molar-refractivity contribution in [2.24, 2.45) is 0 Å². The minimum absolute atomic E-state index is 0.0746. The summed E-state index contributed by atoms with van der Waals surface area (Å²) in [6.45, 7) is 3.87. The molecule has 0 saturated heterocycles. The molecule has 0 radical (unpaired) electrons. The molecule has 0 unspecified atom stereocenters.